The summed E-state index contributed by atoms with van der Waals surface area (Å²) in [4.78, 5) is 25.4. The molecule has 3 atom stereocenters. The fourth-order valence-corrected chi connectivity index (χ4v) is 4.39. The van der Waals surface area contributed by atoms with Gasteiger partial charge in [-0.1, -0.05) is 30.3 Å². The number of fused-ring (bicyclic) bond motifs is 1. The first-order chi connectivity index (χ1) is 16.7. The number of aromatic nitrogens is 1. The third kappa shape index (κ3) is 5.13. The number of pyridine rings is 1. The van der Waals surface area contributed by atoms with E-state index in [9.17, 15) is 14.9 Å². The molecule has 0 N–H and O–H groups in total. The molecule has 0 saturated carbocycles. The van der Waals surface area contributed by atoms with Crippen molar-refractivity contribution in [3.8, 4) is 11.8 Å². The van der Waals surface area contributed by atoms with Crippen LogP contribution in [-0.4, -0.2) is 22.2 Å². The first kappa shape index (κ1) is 24.2. The highest BCUT2D eigenvalue weighted by atomic mass is 16.6. The summed E-state index contributed by atoms with van der Waals surface area (Å²) >= 11 is 0. The normalized spacial score (nSPS) is 19.1. The SMILES string of the molecule is CC(=O)OC1C(n2ccc(C(C)OCc3ccccc3)cc2=O)c2cc(C#N)ccc2OC1(C)C. The molecule has 2 heterocycles. The van der Waals surface area contributed by atoms with E-state index in [1.807, 2.05) is 57.2 Å². The van der Waals surface area contributed by atoms with Crippen molar-refractivity contribution in [2.75, 3.05) is 0 Å². The van der Waals surface area contributed by atoms with Gasteiger partial charge in [0.05, 0.1) is 24.3 Å². The molecule has 0 radical (unpaired) electrons. The van der Waals surface area contributed by atoms with Crippen LogP contribution in [0, 0.1) is 11.3 Å². The van der Waals surface area contributed by atoms with E-state index in [4.69, 9.17) is 14.2 Å². The summed E-state index contributed by atoms with van der Waals surface area (Å²) in [5, 5.41) is 9.44. The second-order valence-corrected chi connectivity index (χ2v) is 9.19. The zero-order valence-corrected chi connectivity index (χ0v) is 20.2. The van der Waals surface area contributed by atoms with Crippen LogP contribution < -0.4 is 10.3 Å². The van der Waals surface area contributed by atoms with Gasteiger partial charge >= 0.3 is 5.97 Å². The molecule has 4 rings (SSSR count). The average molecular weight is 473 g/mol. The summed E-state index contributed by atoms with van der Waals surface area (Å²) in [7, 11) is 0. The number of carbonyl (C=O) groups excluding carboxylic acids is 1. The van der Waals surface area contributed by atoms with Crippen LogP contribution in [0.1, 0.15) is 62.1 Å². The minimum atomic E-state index is -0.915. The third-order valence-corrected chi connectivity index (χ3v) is 6.18. The first-order valence-corrected chi connectivity index (χ1v) is 11.5. The lowest BCUT2D eigenvalue weighted by Gasteiger charge is -2.44. The van der Waals surface area contributed by atoms with E-state index in [1.165, 1.54) is 17.6 Å². The minimum absolute atomic E-state index is 0.272. The lowest BCUT2D eigenvalue weighted by molar-refractivity contribution is -0.163. The predicted octanol–water partition coefficient (Wildman–Crippen LogP) is 4.69. The highest BCUT2D eigenvalue weighted by Gasteiger charge is 2.47. The van der Waals surface area contributed by atoms with E-state index >= 15 is 0 Å². The maximum absolute atomic E-state index is 13.4. The van der Waals surface area contributed by atoms with Gasteiger partial charge in [-0.25, -0.2) is 0 Å². The number of hydrogen-bond acceptors (Lipinski definition) is 6. The molecule has 0 saturated heterocycles. The Kier molecular flexibility index (Phi) is 6.77. The van der Waals surface area contributed by atoms with E-state index < -0.39 is 23.7 Å². The molecule has 1 aliphatic rings. The molecule has 35 heavy (non-hydrogen) atoms. The summed E-state index contributed by atoms with van der Waals surface area (Å²) in [6.45, 7) is 7.28. The smallest absolute Gasteiger partial charge is 0.303 e. The van der Waals surface area contributed by atoms with Gasteiger partial charge in [-0.05, 0) is 56.2 Å². The summed E-state index contributed by atoms with van der Waals surface area (Å²) < 4.78 is 19.3. The van der Waals surface area contributed by atoms with Crippen molar-refractivity contribution < 1.29 is 19.0 Å². The van der Waals surface area contributed by atoms with Crippen LogP contribution in [0.15, 0.2) is 71.7 Å². The molecule has 0 amide bonds. The predicted molar refractivity (Wildman–Crippen MR) is 130 cm³/mol. The maximum Gasteiger partial charge on any atom is 0.303 e. The summed E-state index contributed by atoms with van der Waals surface area (Å²) in [6.07, 6.45) is 0.591. The van der Waals surface area contributed by atoms with Gasteiger partial charge in [0.1, 0.15) is 17.4 Å². The van der Waals surface area contributed by atoms with Crippen LogP contribution >= 0.6 is 0 Å². The molecule has 3 aromatic rings. The maximum atomic E-state index is 13.4. The van der Waals surface area contributed by atoms with E-state index in [2.05, 4.69) is 6.07 Å². The number of nitrogens with zero attached hydrogens (tertiary/aromatic N) is 2. The summed E-state index contributed by atoms with van der Waals surface area (Å²) in [5.74, 6) is 0.0575. The van der Waals surface area contributed by atoms with Crippen molar-refractivity contribution in [2.24, 2.45) is 0 Å². The zero-order valence-electron chi connectivity index (χ0n) is 20.2. The molecule has 1 aromatic heterocycles. The Balaban J connectivity index is 1.71. The van der Waals surface area contributed by atoms with Crippen LogP contribution in [0.3, 0.4) is 0 Å². The van der Waals surface area contributed by atoms with Gasteiger partial charge < -0.3 is 18.8 Å². The molecule has 7 nitrogen and oxygen atoms in total. The van der Waals surface area contributed by atoms with E-state index in [0.717, 1.165) is 11.1 Å². The van der Waals surface area contributed by atoms with Crippen molar-refractivity contribution >= 4 is 5.97 Å². The van der Waals surface area contributed by atoms with Crippen molar-refractivity contribution in [2.45, 2.75) is 58.2 Å². The molecule has 0 bridgehead atoms. The molecule has 0 fully saturated rings. The second kappa shape index (κ2) is 9.77. The molecule has 0 spiro atoms. The zero-order chi connectivity index (χ0) is 25.2. The Morgan fingerprint density at radius 2 is 1.91 bits per heavy atom. The van der Waals surface area contributed by atoms with Gasteiger partial charge in [0.2, 0.25) is 0 Å². The fraction of sp³-hybridized carbons (Fsp3) is 0.321. The molecule has 0 aliphatic carbocycles. The molecular formula is C28H28N2O5. The van der Waals surface area contributed by atoms with Gasteiger partial charge in [0, 0.05) is 24.8 Å². The third-order valence-electron chi connectivity index (χ3n) is 6.18. The Morgan fingerprint density at radius 3 is 2.57 bits per heavy atom. The van der Waals surface area contributed by atoms with Crippen LogP contribution in [0.2, 0.25) is 0 Å². The lowest BCUT2D eigenvalue weighted by atomic mass is 9.85. The number of benzene rings is 2. The molecule has 3 unspecified atom stereocenters. The number of esters is 1. The fourth-order valence-electron chi connectivity index (χ4n) is 4.39. The van der Waals surface area contributed by atoms with Crippen LogP contribution in [0.4, 0.5) is 0 Å². The Morgan fingerprint density at radius 1 is 1.17 bits per heavy atom. The van der Waals surface area contributed by atoms with E-state index in [1.54, 1.807) is 24.4 Å². The topological polar surface area (TPSA) is 90.5 Å². The van der Waals surface area contributed by atoms with Crippen LogP contribution in [-0.2, 0) is 20.9 Å². The van der Waals surface area contributed by atoms with Crippen molar-refractivity contribution in [3.05, 3.63) is 99.5 Å². The van der Waals surface area contributed by atoms with Crippen molar-refractivity contribution in [1.82, 2.24) is 4.57 Å². The number of carbonyl (C=O) groups is 1. The van der Waals surface area contributed by atoms with Gasteiger partial charge in [0.15, 0.2) is 6.10 Å². The highest BCUT2D eigenvalue weighted by Crippen LogP contribution is 2.43. The average Bonchev–Trinajstić information content (AvgIpc) is 2.83. The van der Waals surface area contributed by atoms with Crippen molar-refractivity contribution in [3.63, 3.8) is 0 Å². The number of hydrogen-bond donors (Lipinski definition) is 0. The standard InChI is InChI=1S/C28H28N2O5/c1-18(33-17-20-8-6-5-7-9-20)22-12-13-30(25(32)15-22)26-23-14-21(16-29)10-11-24(23)35-28(3,4)27(26)34-19(2)31/h5-15,18,26-27H,17H2,1-4H3. The van der Waals surface area contributed by atoms with Crippen LogP contribution in [0.5, 0.6) is 5.75 Å². The number of nitriles is 1. The monoisotopic (exact) mass is 472 g/mol. The number of rotatable bonds is 6. The largest absolute Gasteiger partial charge is 0.484 e. The molecule has 1 aliphatic heterocycles. The van der Waals surface area contributed by atoms with E-state index in [-0.39, 0.29) is 11.7 Å². The molecule has 2 aromatic carbocycles. The Hall–Kier alpha value is -3.89. The van der Waals surface area contributed by atoms with Gasteiger partial charge in [-0.15, -0.1) is 0 Å². The first-order valence-electron chi connectivity index (χ1n) is 11.5. The Labute approximate surface area is 204 Å². The van der Waals surface area contributed by atoms with Crippen molar-refractivity contribution in [1.29, 1.82) is 5.26 Å². The molecule has 7 heteroatoms. The van der Waals surface area contributed by atoms with Crippen LogP contribution in [0.25, 0.3) is 0 Å². The Bertz CT molecular complexity index is 1320. The minimum Gasteiger partial charge on any atom is -0.484 e. The lowest BCUT2D eigenvalue weighted by Crippen LogP contribution is -2.54. The molecular weight excluding hydrogens is 444 g/mol. The van der Waals surface area contributed by atoms with E-state index in [0.29, 0.717) is 23.5 Å². The number of ether oxygens (including phenoxy) is 3. The molecule has 180 valence electrons. The van der Waals surface area contributed by atoms with Gasteiger partial charge in [0.25, 0.3) is 5.56 Å². The summed E-state index contributed by atoms with van der Waals surface area (Å²) in [6, 6.07) is 19.7. The second-order valence-electron chi connectivity index (χ2n) is 9.19. The highest BCUT2D eigenvalue weighted by molar-refractivity contribution is 5.66. The van der Waals surface area contributed by atoms with Gasteiger partial charge in [-0.2, -0.15) is 5.26 Å². The quantitative estimate of drug-likeness (QED) is 0.484. The van der Waals surface area contributed by atoms with Gasteiger partial charge in [-0.3, -0.25) is 9.59 Å². The summed E-state index contributed by atoms with van der Waals surface area (Å²) in [5.41, 5.74) is 1.63.